The van der Waals surface area contributed by atoms with E-state index in [-0.39, 0.29) is 12.5 Å². The largest absolute Gasteiger partial charge is 0.394 e. The molecule has 0 aliphatic carbocycles. The second kappa shape index (κ2) is 56.0. The number of aliphatic hydroxyl groups excluding tert-OH is 5. The van der Waals surface area contributed by atoms with E-state index in [1.807, 2.05) is 0 Å². The average molecular weight is 1060 g/mol. The summed E-state index contributed by atoms with van der Waals surface area (Å²) in [5.74, 6) is -0.137. The van der Waals surface area contributed by atoms with Gasteiger partial charge in [0, 0.05) is 6.42 Å². The molecule has 9 nitrogen and oxygen atoms in total. The highest BCUT2D eigenvalue weighted by atomic mass is 16.7. The molecule has 0 aromatic rings. The van der Waals surface area contributed by atoms with E-state index in [1.165, 1.54) is 263 Å². The van der Waals surface area contributed by atoms with Crippen molar-refractivity contribution in [1.82, 2.24) is 5.32 Å². The van der Waals surface area contributed by atoms with Gasteiger partial charge in [0.25, 0.3) is 0 Å². The van der Waals surface area contributed by atoms with E-state index < -0.39 is 49.5 Å². The van der Waals surface area contributed by atoms with Gasteiger partial charge in [-0.2, -0.15) is 0 Å². The van der Waals surface area contributed by atoms with E-state index in [0.717, 1.165) is 44.9 Å². The number of amides is 1. The highest BCUT2D eigenvalue weighted by molar-refractivity contribution is 5.76. The van der Waals surface area contributed by atoms with Crippen molar-refractivity contribution in [3.05, 3.63) is 24.3 Å². The maximum atomic E-state index is 13.1. The highest BCUT2D eigenvalue weighted by Gasteiger charge is 2.44. The molecule has 1 amide bonds. The number of carbonyl (C=O) groups is 1. The van der Waals surface area contributed by atoms with E-state index in [9.17, 15) is 30.3 Å². The number of nitrogens with one attached hydrogen (secondary N) is 1. The molecule has 1 fully saturated rings. The Balaban J connectivity index is 2.07. The number of hydrogen-bond acceptors (Lipinski definition) is 8. The van der Waals surface area contributed by atoms with Gasteiger partial charge in [0.1, 0.15) is 24.4 Å². The zero-order chi connectivity index (χ0) is 54.3. The number of hydrogen-bond donors (Lipinski definition) is 6. The molecule has 1 aliphatic heterocycles. The lowest BCUT2D eigenvalue weighted by Gasteiger charge is -2.40. The lowest BCUT2D eigenvalue weighted by Crippen LogP contribution is -2.60. The number of aliphatic hydroxyl groups is 5. The third-order valence-electron chi connectivity index (χ3n) is 16.1. The first kappa shape index (κ1) is 71.7. The van der Waals surface area contributed by atoms with Gasteiger partial charge in [0.2, 0.25) is 5.91 Å². The van der Waals surface area contributed by atoms with Crippen molar-refractivity contribution in [2.45, 2.75) is 378 Å². The minimum Gasteiger partial charge on any atom is -0.394 e. The van der Waals surface area contributed by atoms with E-state index >= 15 is 0 Å². The molecular formula is C66H127NO8. The quantitative estimate of drug-likeness (QED) is 0.0261. The first-order valence-corrected chi connectivity index (χ1v) is 33.0. The third kappa shape index (κ3) is 45.1. The predicted molar refractivity (Wildman–Crippen MR) is 318 cm³/mol. The number of carbonyl (C=O) groups excluding carboxylic acids is 1. The lowest BCUT2D eigenvalue weighted by molar-refractivity contribution is -0.302. The van der Waals surface area contributed by atoms with Gasteiger partial charge in [0.15, 0.2) is 6.29 Å². The van der Waals surface area contributed by atoms with Crippen molar-refractivity contribution in [2.24, 2.45) is 0 Å². The Morgan fingerprint density at radius 1 is 0.453 bits per heavy atom. The van der Waals surface area contributed by atoms with Crippen LogP contribution in [0.25, 0.3) is 0 Å². The van der Waals surface area contributed by atoms with Crippen molar-refractivity contribution in [2.75, 3.05) is 13.2 Å². The number of ether oxygens (including phenoxy) is 2. The van der Waals surface area contributed by atoms with Crippen molar-refractivity contribution in [3.8, 4) is 0 Å². The molecule has 0 bridgehead atoms. The second-order valence-electron chi connectivity index (χ2n) is 23.3. The minimum atomic E-state index is -1.55. The maximum absolute atomic E-state index is 13.1. The molecule has 7 atom stereocenters. The second-order valence-corrected chi connectivity index (χ2v) is 23.3. The topological polar surface area (TPSA) is 149 Å². The SMILES string of the molecule is CCCCCCC/C=C\C/C=C\CCCCCCCCCCCCCCCCCCCCCCCCCC(=O)NC(COC1OC(CO)C(O)C(O)C1O)C(O)CCCCCCCCCCCCCCCCCCC. The molecule has 1 saturated heterocycles. The molecule has 7 unspecified atom stereocenters. The van der Waals surface area contributed by atoms with Gasteiger partial charge >= 0.3 is 0 Å². The van der Waals surface area contributed by atoms with E-state index in [1.54, 1.807) is 0 Å². The molecule has 9 heteroatoms. The Bertz CT molecular complexity index is 1230. The van der Waals surface area contributed by atoms with Crippen LogP contribution in [0.3, 0.4) is 0 Å². The zero-order valence-corrected chi connectivity index (χ0v) is 49.6. The fourth-order valence-corrected chi connectivity index (χ4v) is 10.8. The average Bonchev–Trinajstić information content (AvgIpc) is 3.41. The summed E-state index contributed by atoms with van der Waals surface area (Å²) in [6, 6.07) is -0.716. The standard InChI is InChI=1S/C66H127NO8/c1-3-5-7-9-11-13-15-17-19-21-22-23-24-25-26-27-28-29-30-31-32-33-34-35-36-37-38-40-42-44-46-48-50-52-54-56-62(70)67-59(58-74-66-65(73)64(72)63(71)61(57-68)75-66)60(69)55-53-51-49-47-45-43-41-39-20-18-16-14-12-10-8-6-4-2/h15,17,21-22,59-61,63-66,68-69,71-73H,3-14,16,18-20,23-58H2,1-2H3,(H,67,70)/b17-15-,22-21-. The molecule has 1 heterocycles. The first-order chi connectivity index (χ1) is 36.8. The Morgan fingerprint density at radius 3 is 1.15 bits per heavy atom. The number of rotatable bonds is 58. The van der Waals surface area contributed by atoms with Gasteiger partial charge in [0.05, 0.1) is 25.4 Å². The summed E-state index contributed by atoms with van der Waals surface area (Å²) < 4.78 is 11.3. The van der Waals surface area contributed by atoms with Crippen molar-refractivity contribution in [3.63, 3.8) is 0 Å². The summed E-state index contributed by atoms with van der Waals surface area (Å²) in [6.07, 6.45) is 65.3. The fraction of sp³-hybridized carbons (Fsp3) is 0.924. The van der Waals surface area contributed by atoms with Crippen LogP contribution in [0.1, 0.15) is 335 Å². The van der Waals surface area contributed by atoms with E-state index in [0.29, 0.717) is 12.8 Å². The van der Waals surface area contributed by atoms with Crippen LogP contribution in [-0.2, 0) is 14.3 Å². The lowest BCUT2D eigenvalue weighted by atomic mass is 9.99. The monoisotopic (exact) mass is 1060 g/mol. The normalized spacial score (nSPS) is 18.9. The summed E-state index contributed by atoms with van der Waals surface area (Å²) in [6.45, 7) is 3.87. The number of unbranched alkanes of at least 4 members (excludes halogenated alkanes) is 44. The third-order valence-corrected chi connectivity index (χ3v) is 16.1. The van der Waals surface area contributed by atoms with Crippen LogP contribution < -0.4 is 5.32 Å². The van der Waals surface area contributed by atoms with E-state index in [4.69, 9.17) is 9.47 Å². The van der Waals surface area contributed by atoms with Gasteiger partial charge < -0.3 is 40.3 Å². The molecule has 444 valence electrons. The van der Waals surface area contributed by atoms with Crippen LogP contribution in [0, 0.1) is 0 Å². The molecule has 1 aliphatic rings. The summed E-state index contributed by atoms with van der Waals surface area (Å²) in [5.41, 5.74) is 0. The van der Waals surface area contributed by atoms with Gasteiger partial charge in [-0.1, -0.05) is 308 Å². The Hall–Kier alpha value is -1.33. The Kier molecular flexibility index (Phi) is 53.5. The maximum Gasteiger partial charge on any atom is 0.220 e. The Labute approximate surface area is 464 Å². The fourth-order valence-electron chi connectivity index (χ4n) is 10.8. The van der Waals surface area contributed by atoms with Gasteiger partial charge in [-0.3, -0.25) is 4.79 Å². The summed E-state index contributed by atoms with van der Waals surface area (Å²) in [4.78, 5) is 13.1. The smallest absolute Gasteiger partial charge is 0.220 e. The molecule has 0 aromatic heterocycles. The molecule has 0 aromatic carbocycles. The number of allylic oxidation sites excluding steroid dienone is 4. The van der Waals surface area contributed by atoms with Crippen LogP contribution in [0.15, 0.2) is 24.3 Å². The van der Waals surface area contributed by atoms with Gasteiger partial charge in [-0.05, 0) is 44.9 Å². The first-order valence-electron chi connectivity index (χ1n) is 33.0. The molecular weight excluding hydrogens is 935 g/mol. The Morgan fingerprint density at radius 2 is 0.787 bits per heavy atom. The van der Waals surface area contributed by atoms with Crippen LogP contribution >= 0.6 is 0 Å². The molecule has 75 heavy (non-hydrogen) atoms. The molecule has 0 radical (unpaired) electrons. The zero-order valence-electron chi connectivity index (χ0n) is 49.6. The molecule has 6 N–H and O–H groups in total. The van der Waals surface area contributed by atoms with Gasteiger partial charge in [-0.25, -0.2) is 0 Å². The minimum absolute atomic E-state index is 0.133. The van der Waals surface area contributed by atoms with Crippen LogP contribution in [0.4, 0.5) is 0 Å². The van der Waals surface area contributed by atoms with Crippen LogP contribution in [0.2, 0.25) is 0 Å². The van der Waals surface area contributed by atoms with Crippen LogP contribution in [-0.4, -0.2) is 87.5 Å². The summed E-state index contributed by atoms with van der Waals surface area (Å²) in [7, 11) is 0. The van der Waals surface area contributed by atoms with Crippen molar-refractivity contribution >= 4 is 5.91 Å². The van der Waals surface area contributed by atoms with Crippen molar-refractivity contribution < 1.29 is 39.8 Å². The molecule has 1 rings (SSSR count). The summed E-state index contributed by atoms with van der Waals surface area (Å²) in [5, 5.41) is 54.8. The predicted octanol–water partition coefficient (Wildman–Crippen LogP) is 17.3. The molecule has 0 spiro atoms. The highest BCUT2D eigenvalue weighted by Crippen LogP contribution is 2.24. The van der Waals surface area contributed by atoms with Crippen molar-refractivity contribution in [1.29, 1.82) is 0 Å². The van der Waals surface area contributed by atoms with Crippen LogP contribution in [0.5, 0.6) is 0 Å². The van der Waals surface area contributed by atoms with Gasteiger partial charge in [-0.15, -0.1) is 0 Å². The van der Waals surface area contributed by atoms with E-state index in [2.05, 4.69) is 43.5 Å². The summed E-state index contributed by atoms with van der Waals surface area (Å²) >= 11 is 0. The molecule has 0 saturated carbocycles.